The molecule has 0 amide bonds. The van der Waals surface area contributed by atoms with Gasteiger partial charge in [-0.2, -0.15) is 0 Å². The van der Waals surface area contributed by atoms with Gasteiger partial charge in [-0.15, -0.1) is 0 Å². The highest BCUT2D eigenvalue weighted by Crippen LogP contribution is 2.29. The molecule has 2 rings (SSSR count). The molecule has 0 radical (unpaired) electrons. The number of allylic oxidation sites excluding steroid dienone is 1. The summed E-state index contributed by atoms with van der Waals surface area (Å²) in [4.78, 5) is 10.2. The highest BCUT2D eigenvalue weighted by atomic mass is 16.3. The van der Waals surface area contributed by atoms with Crippen molar-refractivity contribution in [2.75, 3.05) is 0 Å². The Kier molecular flexibility index (Phi) is 3.01. The van der Waals surface area contributed by atoms with E-state index in [0.29, 0.717) is 6.42 Å². The molecule has 2 aromatic rings. The van der Waals surface area contributed by atoms with Crippen LogP contribution < -0.4 is 0 Å². The Hall–Kier alpha value is -2.09. The van der Waals surface area contributed by atoms with Crippen molar-refractivity contribution in [2.45, 2.75) is 6.42 Å². The van der Waals surface area contributed by atoms with Crippen LogP contribution in [-0.2, 0) is 4.79 Å². The fourth-order valence-corrected chi connectivity index (χ4v) is 1.66. The summed E-state index contributed by atoms with van der Waals surface area (Å²) in [6.07, 6.45) is 4.69. The van der Waals surface area contributed by atoms with Crippen LogP contribution >= 0.6 is 0 Å². The maximum Gasteiger partial charge on any atom is 0.130 e. The number of carbonyl (C=O) groups is 1. The molecule has 2 nitrogen and oxygen atoms in total. The van der Waals surface area contributed by atoms with Crippen LogP contribution in [0.1, 0.15) is 12.0 Å². The van der Waals surface area contributed by atoms with Crippen molar-refractivity contribution in [3.8, 4) is 5.75 Å². The minimum absolute atomic E-state index is 0.264. The molecule has 0 aromatic heterocycles. The van der Waals surface area contributed by atoms with E-state index in [9.17, 15) is 9.90 Å². The molecule has 16 heavy (non-hydrogen) atoms. The Morgan fingerprint density at radius 1 is 1.12 bits per heavy atom. The Labute approximate surface area is 93.8 Å². The fraction of sp³-hybridized carbons (Fsp3) is 0.0714. The van der Waals surface area contributed by atoms with Crippen LogP contribution in [-0.4, -0.2) is 11.4 Å². The van der Waals surface area contributed by atoms with Gasteiger partial charge in [0.1, 0.15) is 12.0 Å². The summed E-state index contributed by atoms with van der Waals surface area (Å²) in [5, 5.41) is 11.8. The average Bonchev–Trinajstić information content (AvgIpc) is 2.33. The Balaban J connectivity index is 2.48. The van der Waals surface area contributed by atoms with Crippen molar-refractivity contribution in [3.63, 3.8) is 0 Å². The van der Waals surface area contributed by atoms with Crippen LogP contribution in [0.15, 0.2) is 42.5 Å². The van der Waals surface area contributed by atoms with Gasteiger partial charge in [0.05, 0.1) is 0 Å². The number of phenols is 1. The van der Waals surface area contributed by atoms with Gasteiger partial charge in [-0.25, -0.2) is 0 Å². The van der Waals surface area contributed by atoms with Crippen LogP contribution in [0.25, 0.3) is 16.8 Å². The molecule has 0 saturated heterocycles. The lowest BCUT2D eigenvalue weighted by atomic mass is 10.0. The number of phenolic OH excluding ortho intramolecular Hbond substituents is 1. The van der Waals surface area contributed by atoms with Crippen LogP contribution in [0.5, 0.6) is 5.75 Å². The van der Waals surface area contributed by atoms with Crippen LogP contribution in [0.4, 0.5) is 0 Å². The lowest BCUT2D eigenvalue weighted by Crippen LogP contribution is -1.79. The third kappa shape index (κ3) is 1.96. The van der Waals surface area contributed by atoms with Crippen molar-refractivity contribution in [1.82, 2.24) is 0 Å². The van der Waals surface area contributed by atoms with Gasteiger partial charge in [-0.1, -0.05) is 48.6 Å². The topological polar surface area (TPSA) is 37.3 Å². The number of benzene rings is 2. The van der Waals surface area contributed by atoms with Crippen LogP contribution in [0.2, 0.25) is 0 Å². The van der Waals surface area contributed by atoms with Gasteiger partial charge in [0.15, 0.2) is 0 Å². The molecular weight excluding hydrogens is 200 g/mol. The van der Waals surface area contributed by atoms with E-state index in [1.807, 2.05) is 36.4 Å². The number of hydrogen-bond acceptors (Lipinski definition) is 2. The van der Waals surface area contributed by atoms with Gasteiger partial charge in [-0.05, 0) is 5.39 Å². The molecule has 0 unspecified atom stereocenters. The quantitative estimate of drug-likeness (QED) is 0.793. The van der Waals surface area contributed by atoms with Crippen molar-refractivity contribution < 1.29 is 9.90 Å². The number of aldehydes is 1. The first kappa shape index (κ1) is 10.4. The van der Waals surface area contributed by atoms with E-state index in [2.05, 4.69) is 0 Å². The van der Waals surface area contributed by atoms with E-state index in [4.69, 9.17) is 0 Å². The van der Waals surface area contributed by atoms with E-state index >= 15 is 0 Å². The molecule has 1 N–H and O–H groups in total. The second-order valence-corrected chi connectivity index (χ2v) is 3.53. The van der Waals surface area contributed by atoms with Crippen LogP contribution in [0, 0.1) is 0 Å². The number of aromatic hydroxyl groups is 1. The second kappa shape index (κ2) is 4.62. The molecule has 2 aromatic carbocycles. The maximum absolute atomic E-state index is 10.2. The predicted molar refractivity (Wildman–Crippen MR) is 65.3 cm³/mol. The minimum Gasteiger partial charge on any atom is -0.507 e. The first-order valence-corrected chi connectivity index (χ1v) is 5.14. The minimum atomic E-state index is 0.264. The Morgan fingerprint density at radius 3 is 2.75 bits per heavy atom. The molecule has 0 aliphatic heterocycles. The summed E-state index contributed by atoms with van der Waals surface area (Å²) in [6, 6.07) is 11.5. The first-order chi connectivity index (χ1) is 7.83. The molecule has 80 valence electrons. The zero-order valence-corrected chi connectivity index (χ0v) is 8.76. The van der Waals surface area contributed by atoms with E-state index in [-0.39, 0.29) is 5.75 Å². The van der Waals surface area contributed by atoms with Crippen molar-refractivity contribution in [2.24, 2.45) is 0 Å². The Bertz CT molecular complexity index is 541. The normalized spacial score (nSPS) is 11.0. The highest BCUT2D eigenvalue weighted by Gasteiger charge is 2.02. The molecule has 0 fully saturated rings. The van der Waals surface area contributed by atoms with Gasteiger partial charge in [0.2, 0.25) is 0 Å². The van der Waals surface area contributed by atoms with Crippen LogP contribution in [0.3, 0.4) is 0 Å². The average molecular weight is 212 g/mol. The highest BCUT2D eigenvalue weighted by molar-refractivity contribution is 5.91. The van der Waals surface area contributed by atoms with Gasteiger partial charge in [0, 0.05) is 17.4 Å². The lowest BCUT2D eigenvalue weighted by Gasteiger charge is -2.03. The van der Waals surface area contributed by atoms with Crippen molar-refractivity contribution >= 4 is 23.1 Å². The van der Waals surface area contributed by atoms with E-state index in [1.165, 1.54) is 0 Å². The van der Waals surface area contributed by atoms with E-state index in [1.54, 1.807) is 12.2 Å². The summed E-state index contributed by atoms with van der Waals surface area (Å²) in [6.45, 7) is 0. The molecule has 0 bridgehead atoms. The zero-order chi connectivity index (χ0) is 11.4. The summed E-state index contributed by atoms with van der Waals surface area (Å²) < 4.78 is 0. The number of carbonyl (C=O) groups excluding carboxylic acids is 1. The zero-order valence-electron chi connectivity index (χ0n) is 8.76. The van der Waals surface area contributed by atoms with Gasteiger partial charge in [0.25, 0.3) is 0 Å². The third-order valence-corrected chi connectivity index (χ3v) is 2.46. The molecular formula is C14H12O2. The molecule has 0 aliphatic carbocycles. The van der Waals surface area contributed by atoms with E-state index < -0.39 is 0 Å². The number of rotatable bonds is 3. The number of fused-ring (bicyclic) bond motifs is 1. The summed E-state index contributed by atoms with van der Waals surface area (Å²) >= 11 is 0. The van der Waals surface area contributed by atoms with Gasteiger partial charge >= 0.3 is 0 Å². The maximum atomic E-state index is 10.2. The largest absolute Gasteiger partial charge is 0.507 e. The summed E-state index contributed by atoms with van der Waals surface area (Å²) in [7, 11) is 0. The molecule has 0 spiro atoms. The molecule has 0 saturated carbocycles. The molecule has 0 heterocycles. The fourth-order valence-electron chi connectivity index (χ4n) is 1.66. The molecule has 0 atom stereocenters. The second-order valence-electron chi connectivity index (χ2n) is 3.53. The SMILES string of the molecule is O=CCC=Cc1ccc2ccccc2c1O. The first-order valence-electron chi connectivity index (χ1n) is 5.14. The molecule has 2 heteroatoms. The summed E-state index contributed by atoms with van der Waals surface area (Å²) in [5.41, 5.74) is 0.737. The monoisotopic (exact) mass is 212 g/mol. The van der Waals surface area contributed by atoms with Gasteiger partial charge in [-0.3, -0.25) is 0 Å². The lowest BCUT2D eigenvalue weighted by molar-refractivity contribution is -0.107. The Morgan fingerprint density at radius 2 is 1.94 bits per heavy atom. The van der Waals surface area contributed by atoms with Gasteiger partial charge < -0.3 is 9.90 Å². The van der Waals surface area contributed by atoms with Crippen molar-refractivity contribution in [1.29, 1.82) is 0 Å². The smallest absolute Gasteiger partial charge is 0.130 e. The van der Waals surface area contributed by atoms with E-state index in [0.717, 1.165) is 22.6 Å². The summed E-state index contributed by atoms with van der Waals surface area (Å²) in [5.74, 6) is 0.264. The predicted octanol–water partition coefficient (Wildman–Crippen LogP) is 3.15. The van der Waals surface area contributed by atoms with Crippen molar-refractivity contribution in [3.05, 3.63) is 48.0 Å². The standard InChI is InChI=1S/C14H12O2/c15-10-4-3-6-12-9-8-11-5-1-2-7-13(11)14(12)16/h1-3,5-10,16H,4H2. The number of hydrogen-bond donors (Lipinski definition) is 1. The molecule has 0 aliphatic rings. The third-order valence-electron chi connectivity index (χ3n) is 2.46.